The lowest BCUT2D eigenvalue weighted by atomic mass is 9.95. The van der Waals surface area contributed by atoms with Crippen molar-refractivity contribution in [1.82, 2.24) is 19.3 Å². The van der Waals surface area contributed by atoms with Crippen molar-refractivity contribution in [2.24, 2.45) is 0 Å². The van der Waals surface area contributed by atoms with E-state index in [1.54, 1.807) is 26.4 Å². The van der Waals surface area contributed by atoms with E-state index in [1.165, 1.54) is 26.4 Å². The van der Waals surface area contributed by atoms with Crippen LogP contribution in [0, 0.1) is 12.3 Å². The molecule has 0 spiro atoms. The van der Waals surface area contributed by atoms with E-state index in [9.17, 15) is 14.4 Å². The number of anilines is 1. The third-order valence-electron chi connectivity index (χ3n) is 6.75. The number of methoxy groups -OCH3 is 1. The standard InChI is InChI=1S/C26H28N6O4S/c1-14-7-6-10-32-21(14)29-22-17(26(32)35)13-16(20(27)31(22)11-12-36-3)23(33)30-25-19(24(34)28-2)15-8-4-5-9-18(15)37-25/h6-7,10,13,27H,4-5,8-9,11-12H2,1-3H3,(H,28,34)(H,30,33). The van der Waals surface area contributed by atoms with Gasteiger partial charge < -0.3 is 19.9 Å². The number of nitrogens with zero attached hydrogens (tertiary/aromatic N) is 3. The molecule has 4 aromatic rings. The summed E-state index contributed by atoms with van der Waals surface area (Å²) in [5.74, 6) is -0.811. The summed E-state index contributed by atoms with van der Waals surface area (Å²) >= 11 is 1.40. The van der Waals surface area contributed by atoms with Gasteiger partial charge in [0.2, 0.25) is 0 Å². The van der Waals surface area contributed by atoms with Crippen LogP contribution in [0.2, 0.25) is 0 Å². The van der Waals surface area contributed by atoms with Gasteiger partial charge in [0.25, 0.3) is 17.4 Å². The van der Waals surface area contributed by atoms with Gasteiger partial charge in [-0.15, -0.1) is 11.3 Å². The van der Waals surface area contributed by atoms with E-state index in [1.807, 2.05) is 13.0 Å². The van der Waals surface area contributed by atoms with Crippen LogP contribution in [0.1, 0.15) is 49.6 Å². The molecule has 4 aromatic heterocycles. The predicted octanol–water partition coefficient (Wildman–Crippen LogP) is 2.64. The molecular formula is C26H28N6O4S. The lowest BCUT2D eigenvalue weighted by molar-refractivity contribution is 0.0963. The van der Waals surface area contributed by atoms with Crippen LogP contribution in [0.3, 0.4) is 0 Å². The molecule has 1 aliphatic rings. The van der Waals surface area contributed by atoms with Gasteiger partial charge >= 0.3 is 0 Å². The van der Waals surface area contributed by atoms with Crippen molar-refractivity contribution in [2.45, 2.75) is 39.2 Å². The number of amides is 2. The highest BCUT2D eigenvalue weighted by molar-refractivity contribution is 7.17. The molecule has 1 aliphatic carbocycles. The van der Waals surface area contributed by atoms with Gasteiger partial charge in [0.15, 0.2) is 0 Å². The van der Waals surface area contributed by atoms with Crippen molar-refractivity contribution in [1.29, 1.82) is 5.41 Å². The van der Waals surface area contributed by atoms with E-state index in [0.29, 0.717) is 21.9 Å². The summed E-state index contributed by atoms with van der Waals surface area (Å²) in [6.07, 6.45) is 5.32. The van der Waals surface area contributed by atoms with Gasteiger partial charge in [-0.1, -0.05) is 6.07 Å². The molecule has 0 radical (unpaired) electrons. The summed E-state index contributed by atoms with van der Waals surface area (Å²) in [4.78, 5) is 45.6. The molecule has 0 aliphatic heterocycles. The van der Waals surface area contributed by atoms with Gasteiger partial charge in [-0.2, -0.15) is 0 Å². The van der Waals surface area contributed by atoms with Crippen LogP contribution < -0.4 is 21.7 Å². The summed E-state index contributed by atoms with van der Waals surface area (Å²) in [5, 5.41) is 15.1. The van der Waals surface area contributed by atoms with Gasteiger partial charge in [0.05, 0.1) is 23.1 Å². The maximum atomic E-state index is 13.6. The van der Waals surface area contributed by atoms with E-state index in [4.69, 9.17) is 15.1 Å². The molecule has 192 valence electrons. The molecule has 0 saturated carbocycles. The van der Waals surface area contributed by atoms with Crippen LogP contribution in [0.4, 0.5) is 5.00 Å². The van der Waals surface area contributed by atoms with Gasteiger partial charge in [-0.3, -0.25) is 24.2 Å². The molecule has 3 N–H and O–H groups in total. The van der Waals surface area contributed by atoms with Crippen molar-refractivity contribution >= 4 is 44.8 Å². The molecule has 0 unspecified atom stereocenters. The summed E-state index contributed by atoms with van der Waals surface area (Å²) in [6.45, 7) is 2.36. The molecule has 11 heteroatoms. The average molecular weight is 521 g/mol. The van der Waals surface area contributed by atoms with Crippen LogP contribution in [-0.2, 0) is 24.1 Å². The number of hydrogen-bond acceptors (Lipinski definition) is 7. The first-order valence-electron chi connectivity index (χ1n) is 12.1. The minimum absolute atomic E-state index is 0.0179. The Morgan fingerprint density at radius 2 is 2.00 bits per heavy atom. The third kappa shape index (κ3) is 4.23. The number of hydrogen-bond donors (Lipinski definition) is 3. The Balaban J connectivity index is 1.68. The molecule has 4 heterocycles. The fraction of sp³-hybridized carbons (Fsp3) is 0.346. The Morgan fingerprint density at radius 3 is 2.76 bits per heavy atom. The summed E-state index contributed by atoms with van der Waals surface area (Å²) in [7, 11) is 3.11. The van der Waals surface area contributed by atoms with Gasteiger partial charge in [-0.05, 0) is 55.9 Å². The number of carbonyl (C=O) groups excluding carboxylic acids is 2. The van der Waals surface area contributed by atoms with Crippen LogP contribution in [0.25, 0.3) is 16.7 Å². The monoisotopic (exact) mass is 520 g/mol. The quantitative estimate of drug-likeness (QED) is 0.337. The van der Waals surface area contributed by atoms with Crippen molar-refractivity contribution in [2.75, 3.05) is 26.1 Å². The number of pyridine rings is 2. The molecule has 0 fully saturated rings. The zero-order valence-electron chi connectivity index (χ0n) is 20.9. The molecule has 10 nitrogen and oxygen atoms in total. The Labute approximate surface area is 216 Å². The second kappa shape index (κ2) is 9.91. The minimum atomic E-state index is -0.560. The smallest absolute Gasteiger partial charge is 0.267 e. The lowest BCUT2D eigenvalue weighted by Crippen LogP contribution is -2.33. The van der Waals surface area contributed by atoms with Gasteiger partial charge in [0.1, 0.15) is 21.8 Å². The fourth-order valence-corrected chi connectivity index (χ4v) is 6.14. The number of thiophene rings is 1. The zero-order chi connectivity index (χ0) is 26.3. The Morgan fingerprint density at radius 1 is 1.22 bits per heavy atom. The first kappa shape index (κ1) is 24.8. The molecule has 5 rings (SSSR count). The SMILES string of the molecule is CNC(=O)c1c(NC(=O)c2cc3c(=O)n4cccc(C)c4nc3n(CCOC)c2=N)sc2c1CCCC2. The summed E-state index contributed by atoms with van der Waals surface area (Å²) < 4.78 is 8.20. The Kier molecular flexibility index (Phi) is 6.65. The number of carbonyl (C=O) groups is 2. The van der Waals surface area contributed by atoms with Crippen LogP contribution in [-0.4, -0.2) is 46.5 Å². The van der Waals surface area contributed by atoms with Gasteiger partial charge in [-0.25, -0.2) is 4.98 Å². The highest BCUT2D eigenvalue weighted by Gasteiger charge is 2.27. The number of aryl methyl sites for hydroxylation is 2. The first-order chi connectivity index (χ1) is 17.8. The predicted molar refractivity (Wildman–Crippen MR) is 142 cm³/mol. The molecular weight excluding hydrogens is 492 g/mol. The van der Waals surface area contributed by atoms with Crippen molar-refractivity contribution in [3.05, 3.63) is 67.4 Å². The average Bonchev–Trinajstić information content (AvgIpc) is 3.26. The third-order valence-corrected chi connectivity index (χ3v) is 7.96. The Bertz CT molecular complexity index is 1680. The summed E-state index contributed by atoms with van der Waals surface area (Å²) in [6, 6.07) is 5.05. The van der Waals surface area contributed by atoms with Gasteiger partial charge in [0, 0.05) is 31.8 Å². The maximum absolute atomic E-state index is 13.6. The number of nitrogens with one attached hydrogen (secondary N) is 3. The topological polar surface area (TPSA) is 131 Å². The molecule has 0 bridgehead atoms. The van der Waals surface area contributed by atoms with E-state index in [2.05, 4.69) is 10.6 Å². The van der Waals surface area contributed by atoms with E-state index >= 15 is 0 Å². The van der Waals surface area contributed by atoms with Crippen LogP contribution in [0.5, 0.6) is 0 Å². The second-order valence-electron chi connectivity index (χ2n) is 9.04. The summed E-state index contributed by atoms with van der Waals surface area (Å²) in [5.41, 5.74) is 2.68. The number of ether oxygens (including phenoxy) is 1. The zero-order valence-corrected chi connectivity index (χ0v) is 21.8. The maximum Gasteiger partial charge on any atom is 0.267 e. The van der Waals surface area contributed by atoms with Crippen molar-refractivity contribution in [3.63, 3.8) is 0 Å². The van der Waals surface area contributed by atoms with E-state index < -0.39 is 5.91 Å². The largest absolute Gasteiger partial charge is 0.383 e. The minimum Gasteiger partial charge on any atom is -0.383 e. The van der Waals surface area contributed by atoms with Crippen molar-refractivity contribution < 1.29 is 14.3 Å². The second-order valence-corrected chi connectivity index (χ2v) is 10.1. The highest BCUT2D eigenvalue weighted by Crippen LogP contribution is 2.38. The molecule has 0 saturated heterocycles. The molecule has 0 atom stereocenters. The highest BCUT2D eigenvalue weighted by atomic mass is 32.1. The lowest BCUT2D eigenvalue weighted by Gasteiger charge is -2.15. The molecule has 2 amide bonds. The Hall–Kier alpha value is -3.83. The molecule has 37 heavy (non-hydrogen) atoms. The van der Waals surface area contributed by atoms with E-state index in [-0.39, 0.29) is 41.1 Å². The van der Waals surface area contributed by atoms with Crippen LogP contribution >= 0.6 is 11.3 Å². The number of aromatic nitrogens is 3. The van der Waals surface area contributed by atoms with Crippen LogP contribution in [0.15, 0.2) is 29.2 Å². The molecule has 0 aromatic carbocycles. The fourth-order valence-electron chi connectivity index (χ4n) is 4.86. The van der Waals surface area contributed by atoms with E-state index in [0.717, 1.165) is 41.7 Å². The normalized spacial score (nSPS) is 13.1. The van der Waals surface area contributed by atoms with Crippen molar-refractivity contribution in [3.8, 4) is 0 Å². The first-order valence-corrected chi connectivity index (χ1v) is 12.9. The number of fused-ring (bicyclic) bond motifs is 3. The number of rotatable bonds is 6.